The second-order valence-electron chi connectivity index (χ2n) is 3.95. The van der Waals surface area contributed by atoms with Crippen molar-refractivity contribution in [3.05, 3.63) is 0 Å². The van der Waals surface area contributed by atoms with Gasteiger partial charge in [-0.25, -0.2) is 0 Å². The molecule has 78 valence electrons. The first-order valence-electron chi connectivity index (χ1n) is 4.05. The van der Waals surface area contributed by atoms with Crippen LogP contribution in [0.3, 0.4) is 0 Å². The Morgan fingerprint density at radius 1 is 1.46 bits per heavy atom. The maximum absolute atomic E-state index is 10.8. The molecule has 1 atom stereocenters. The Bertz CT molecular complexity index is 232. The van der Waals surface area contributed by atoms with Gasteiger partial charge in [0.1, 0.15) is 5.78 Å². The van der Waals surface area contributed by atoms with Gasteiger partial charge in [0.25, 0.3) is 0 Å². The first-order chi connectivity index (χ1) is 5.62. The van der Waals surface area contributed by atoms with Gasteiger partial charge in [-0.3, -0.25) is 4.79 Å². The van der Waals surface area contributed by atoms with E-state index in [-0.39, 0.29) is 10.5 Å². The molecule has 0 aliphatic rings. The molecule has 0 rings (SSSR count). The summed E-state index contributed by atoms with van der Waals surface area (Å²) < 4.78 is -1.22. The lowest BCUT2D eigenvalue weighted by Gasteiger charge is -2.25. The SMILES string of the molecule is CC(=O)CSP(C)(=S)SC(C)(C)C. The third kappa shape index (κ3) is 9.33. The van der Waals surface area contributed by atoms with Gasteiger partial charge in [0.15, 0.2) is 0 Å². The summed E-state index contributed by atoms with van der Waals surface area (Å²) >= 11 is 8.99. The van der Waals surface area contributed by atoms with Crippen LogP contribution in [0, 0.1) is 0 Å². The molecule has 0 N–H and O–H groups in total. The van der Waals surface area contributed by atoms with Gasteiger partial charge in [-0.05, 0) is 13.6 Å². The van der Waals surface area contributed by atoms with Crippen molar-refractivity contribution in [3.63, 3.8) is 0 Å². The van der Waals surface area contributed by atoms with Crippen molar-refractivity contribution in [3.8, 4) is 0 Å². The van der Waals surface area contributed by atoms with Gasteiger partial charge in [-0.1, -0.05) is 32.6 Å². The highest BCUT2D eigenvalue weighted by Crippen LogP contribution is 2.69. The summed E-state index contributed by atoms with van der Waals surface area (Å²) in [6.07, 6.45) is 0. The molecule has 1 nitrogen and oxygen atoms in total. The van der Waals surface area contributed by atoms with E-state index in [4.69, 9.17) is 11.8 Å². The summed E-state index contributed by atoms with van der Waals surface area (Å²) in [5, 5.41) is 0. The molecule has 0 aromatic carbocycles. The lowest BCUT2D eigenvalue weighted by atomic mass is 10.3. The van der Waals surface area contributed by atoms with Crippen molar-refractivity contribution in [1.29, 1.82) is 0 Å². The minimum atomic E-state index is -1.42. The lowest BCUT2D eigenvalue weighted by molar-refractivity contribution is -0.114. The number of ketones is 1. The number of hydrogen-bond donors (Lipinski definition) is 0. The molecule has 13 heavy (non-hydrogen) atoms. The molecule has 0 aromatic heterocycles. The van der Waals surface area contributed by atoms with Crippen LogP contribution in [0.25, 0.3) is 0 Å². The van der Waals surface area contributed by atoms with E-state index in [1.165, 1.54) is 0 Å². The van der Waals surface area contributed by atoms with Crippen LogP contribution < -0.4 is 0 Å². The molecule has 0 fully saturated rings. The quantitative estimate of drug-likeness (QED) is 0.712. The minimum absolute atomic E-state index is 0.202. The first-order valence-corrected chi connectivity index (χ1v) is 10.3. The second kappa shape index (κ2) is 5.20. The van der Waals surface area contributed by atoms with Gasteiger partial charge >= 0.3 is 0 Å². The summed E-state index contributed by atoms with van der Waals surface area (Å²) in [4.78, 5) is 10.8. The zero-order valence-electron chi connectivity index (χ0n) is 8.79. The predicted octanol–water partition coefficient (Wildman–Crippen LogP) is 3.78. The number of carbonyl (C=O) groups is 1. The van der Waals surface area contributed by atoms with Crippen LogP contribution in [0.2, 0.25) is 0 Å². The maximum atomic E-state index is 10.8. The smallest absolute Gasteiger partial charge is 0.140 e. The van der Waals surface area contributed by atoms with Gasteiger partial charge < -0.3 is 0 Å². The fraction of sp³-hybridized carbons (Fsp3) is 0.875. The molecule has 1 unspecified atom stereocenters. The molecule has 0 heterocycles. The summed E-state index contributed by atoms with van der Waals surface area (Å²) in [6, 6.07) is 0. The topological polar surface area (TPSA) is 17.1 Å². The fourth-order valence-corrected chi connectivity index (χ4v) is 12.0. The Labute approximate surface area is 94.3 Å². The summed E-state index contributed by atoms with van der Waals surface area (Å²) in [5.74, 6) is 0.784. The molecular weight excluding hydrogens is 239 g/mol. The Kier molecular flexibility index (Phi) is 5.61. The molecular formula is C8H17OPS3. The Morgan fingerprint density at radius 3 is 2.23 bits per heavy atom. The fourth-order valence-electron chi connectivity index (χ4n) is 0.732. The van der Waals surface area contributed by atoms with Crippen molar-refractivity contribution in [1.82, 2.24) is 0 Å². The summed E-state index contributed by atoms with van der Waals surface area (Å²) in [6.45, 7) is 10.2. The zero-order chi connectivity index (χ0) is 10.7. The molecule has 0 amide bonds. The largest absolute Gasteiger partial charge is 0.299 e. The molecule has 0 saturated carbocycles. The first kappa shape index (κ1) is 14.0. The van der Waals surface area contributed by atoms with Crippen LogP contribution in [0.1, 0.15) is 27.7 Å². The highest BCUT2D eigenvalue weighted by molar-refractivity contribution is 9.00. The monoisotopic (exact) mass is 256 g/mol. The maximum Gasteiger partial charge on any atom is 0.140 e. The molecule has 0 radical (unpaired) electrons. The molecule has 0 saturated heterocycles. The van der Waals surface area contributed by atoms with Gasteiger partial charge in [0.05, 0.1) is 10.2 Å². The summed E-state index contributed by atoms with van der Waals surface area (Å²) in [7, 11) is 0. The Balaban J connectivity index is 4.10. The van der Waals surface area contributed by atoms with Crippen LogP contribution in [0.15, 0.2) is 0 Å². The zero-order valence-corrected chi connectivity index (χ0v) is 12.1. The van der Waals surface area contributed by atoms with Crippen molar-refractivity contribution in [2.24, 2.45) is 0 Å². The molecule has 0 aliphatic heterocycles. The number of Topliss-reactive ketones (excluding diaryl/α,β-unsaturated/α-hetero) is 1. The van der Waals surface area contributed by atoms with Crippen molar-refractivity contribution < 1.29 is 4.79 Å². The molecule has 0 bridgehead atoms. The van der Waals surface area contributed by atoms with E-state index >= 15 is 0 Å². The highest BCUT2D eigenvalue weighted by atomic mass is 33.2. The predicted molar refractivity (Wildman–Crippen MR) is 70.7 cm³/mol. The second-order valence-corrected chi connectivity index (χ2v) is 17.4. The van der Waals surface area contributed by atoms with Gasteiger partial charge in [0, 0.05) is 4.75 Å². The van der Waals surface area contributed by atoms with E-state index in [0.29, 0.717) is 5.75 Å². The standard InChI is InChI=1S/C8H17OPS3/c1-7(9)6-12-10(5,11)13-8(2,3)4/h6H2,1-5H3. The number of hydrogen-bond acceptors (Lipinski definition) is 4. The van der Waals surface area contributed by atoms with Gasteiger partial charge in [0.2, 0.25) is 0 Å². The molecule has 0 aromatic rings. The van der Waals surface area contributed by atoms with Crippen LogP contribution in [0.4, 0.5) is 0 Å². The average molecular weight is 256 g/mol. The van der Waals surface area contributed by atoms with Crippen LogP contribution >= 0.6 is 27.2 Å². The molecule has 5 heteroatoms. The van der Waals surface area contributed by atoms with Crippen LogP contribution in [-0.4, -0.2) is 22.9 Å². The van der Waals surface area contributed by atoms with Crippen LogP contribution in [0.5, 0.6) is 0 Å². The Hall–Kier alpha value is 1.02. The van der Waals surface area contributed by atoms with Crippen LogP contribution in [-0.2, 0) is 16.6 Å². The third-order valence-electron chi connectivity index (χ3n) is 0.942. The van der Waals surface area contributed by atoms with Gasteiger partial charge in [-0.15, -0.1) is 22.8 Å². The van der Waals surface area contributed by atoms with E-state index in [2.05, 4.69) is 27.4 Å². The van der Waals surface area contributed by atoms with Gasteiger partial charge in [-0.2, -0.15) is 0 Å². The van der Waals surface area contributed by atoms with E-state index in [9.17, 15) is 4.79 Å². The summed E-state index contributed by atoms with van der Waals surface area (Å²) in [5.41, 5.74) is 0. The van der Waals surface area contributed by atoms with Crippen molar-refractivity contribution in [2.45, 2.75) is 32.4 Å². The van der Waals surface area contributed by atoms with E-state index in [0.717, 1.165) is 0 Å². The number of carbonyl (C=O) groups excluding carboxylic acids is 1. The average Bonchev–Trinajstić information content (AvgIpc) is 1.78. The lowest BCUT2D eigenvalue weighted by Crippen LogP contribution is -2.06. The number of rotatable bonds is 4. The van der Waals surface area contributed by atoms with E-state index in [1.807, 2.05) is 11.4 Å². The van der Waals surface area contributed by atoms with Crippen molar-refractivity contribution in [2.75, 3.05) is 12.4 Å². The molecule has 0 spiro atoms. The highest BCUT2D eigenvalue weighted by Gasteiger charge is 2.21. The third-order valence-corrected chi connectivity index (χ3v) is 10.5. The Morgan fingerprint density at radius 2 is 1.92 bits per heavy atom. The van der Waals surface area contributed by atoms with E-state index in [1.54, 1.807) is 18.3 Å². The van der Waals surface area contributed by atoms with Crippen molar-refractivity contribution >= 4 is 44.8 Å². The normalized spacial score (nSPS) is 16.7. The minimum Gasteiger partial charge on any atom is -0.299 e. The molecule has 0 aliphatic carbocycles. The van der Waals surface area contributed by atoms with E-state index < -0.39 is 4.44 Å².